The van der Waals surface area contributed by atoms with Crippen molar-refractivity contribution in [2.75, 3.05) is 26.2 Å². The van der Waals surface area contributed by atoms with Crippen molar-refractivity contribution in [2.24, 2.45) is 11.8 Å². The van der Waals surface area contributed by atoms with Crippen LogP contribution in [0.25, 0.3) is 10.9 Å². The molecule has 7 nitrogen and oxygen atoms in total. The SMILES string of the molecule is O=C(NCCc1cnc[nH]1)[C@@H]1C[C@H](COc2cccc(C(F)(F)F)c2)CN(Cc2c[nH]c3ccccc23)C1. The molecule has 38 heavy (non-hydrogen) atoms. The topological polar surface area (TPSA) is 86.0 Å². The lowest BCUT2D eigenvalue weighted by atomic mass is 9.88. The van der Waals surface area contributed by atoms with E-state index in [4.69, 9.17) is 4.74 Å². The van der Waals surface area contributed by atoms with Crippen LogP contribution in [-0.4, -0.2) is 52.0 Å². The number of carbonyl (C=O) groups is 1. The van der Waals surface area contributed by atoms with Crippen LogP contribution in [0, 0.1) is 11.8 Å². The fraction of sp³-hybridized carbons (Fsp3) is 0.357. The van der Waals surface area contributed by atoms with Gasteiger partial charge in [0.15, 0.2) is 0 Å². The second kappa shape index (κ2) is 11.3. The van der Waals surface area contributed by atoms with Gasteiger partial charge in [-0.3, -0.25) is 9.69 Å². The van der Waals surface area contributed by atoms with Gasteiger partial charge < -0.3 is 20.0 Å². The minimum atomic E-state index is -4.43. The molecule has 4 aromatic rings. The molecule has 1 amide bonds. The van der Waals surface area contributed by atoms with E-state index < -0.39 is 11.7 Å². The molecule has 5 rings (SSSR count). The zero-order valence-corrected chi connectivity index (χ0v) is 20.8. The van der Waals surface area contributed by atoms with Crippen LogP contribution < -0.4 is 10.1 Å². The van der Waals surface area contributed by atoms with Crippen molar-refractivity contribution in [1.29, 1.82) is 0 Å². The van der Waals surface area contributed by atoms with Crippen molar-refractivity contribution in [2.45, 2.75) is 25.6 Å². The van der Waals surface area contributed by atoms with E-state index in [1.165, 1.54) is 12.1 Å². The number of amides is 1. The van der Waals surface area contributed by atoms with E-state index in [9.17, 15) is 18.0 Å². The second-order valence-corrected chi connectivity index (χ2v) is 9.81. The molecule has 2 aromatic heterocycles. The standard InChI is InChI=1S/C28H30F3N5O2/c29-28(30,31)22-4-3-5-24(11-22)38-17-19-10-20(27(37)33-9-8-23-13-32-18-35-23)15-36(14-19)16-21-12-34-26-7-2-1-6-25(21)26/h1-7,11-13,18-20,34H,8-10,14-17H2,(H,32,35)(H,33,37)/t19-,20+/m0/s1. The van der Waals surface area contributed by atoms with Crippen LogP contribution in [0.4, 0.5) is 13.2 Å². The smallest absolute Gasteiger partial charge is 0.416 e. The number of piperidine rings is 1. The van der Waals surface area contributed by atoms with Gasteiger partial charge >= 0.3 is 6.18 Å². The molecule has 0 unspecified atom stereocenters. The Morgan fingerprint density at radius 3 is 2.82 bits per heavy atom. The van der Waals surface area contributed by atoms with Gasteiger partial charge in [-0.1, -0.05) is 24.3 Å². The number of alkyl halides is 3. The van der Waals surface area contributed by atoms with Gasteiger partial charge in [0, 0.05) is 67.5 Å². The molecular formula is C28H30F3N5O2. The average Bonchev–Trinajstić information content (AvgIpc) is 3.57. The number of imidazole rings is 1. The monoisotopic (exact) mass is 525 g/mol. The largest absolute Gasteiger partial charge is 0.493 e. The number of likely N-dealkylation sites (tertiary alicyclic amines) is 1. The number of hydrogen-bond acceptors (Lipinski definition) is 4. The molecular weight excluding hydrogens is 495 g/mol. The van der Waals surface area contributed by atoms with Crippen molar-refractivity contribution in [3.8, 4) is 5.75 Å². The first-order valence-electron chi connectivity index (χ1n) is 12.7. The Labute approximate surface area is 218 Å². The number of carbonyl (C=O) groups excluding carboxylic acids is 1. The Morgan fingerprint density at radius 2 is 2.00 bits per heavy atom. The van der Waals surface area contributed by atoms with Crippen molar-refractivity contribution < 1.29 is 22.7 Å². The normalized spacial score (nSPS) is 18.5. The average molecular weight is 526 g/mol. The third kappa shape index (κ3) is 6.36. The fourth-order valence-electron chi connectivity index (χ4n) is 5.11. The molecule has 1 saturated heterocycles. The zero-order chi connectivity index (χ0) is 26.5. The van der Waals surface area contributed by atoms with Crippen molar-refractivity contribution in [1.82, 2.24) is 25.2 Å². The molecule has 1 aliphatic rings. The summed E-state index contributed by atoms with van der Waals surface area (Å²) in [4.78, 5) is 25.7. The summed E-state index contributed by atoms with van der Waals surface area (Å²) in [5, 5.41) is 4.17. The summed E-state index contributed by atoms with van der Waals surface area (Å²) in [6.07, 6.45) is 2.15. The Morgan fingerprint density at radius 1 is 1.13 bits per heavy atom. The van der Waals surface area contributed by atoms with Crippen LogP contribution in [0.15, 0.2) is 67.3 Å². The number of ether oxygens (including phenoxy) is 1. The molecule has 200 valence electrons. The first-order chi connectivity index (χ1) is 18.3. The highest BCUT2D eigenvalue weighted by Gasteiger charge is 2.33. The van der Waals surface area contributed by atoms with Gasteiger partial charge in [0.2, 0.25) is 5.91 Å². The van der Waals surface area contributed by atoms with Crippen LogP contribution in [-0.2, 0) is 23.9 Å². The Kier molecular flexibility index (Phi) is 7.69. The molecule has 1 aliphatic heterocycles. The third-order valence-corrected chi connectivity index (χ3v) is 6.95. The lowest BCUT2D eigenvalue weighted by molar-refractivity contribution is -0.137. The van der Waals surface area contributed by atoms with Crippen LogP contribution in [0.1, 0.15) is 23.2 Å². The highest BCUT2D eigenvalue weighted by molar-refractivity contribution is 5.83. The first-order valence-corrected chi connectivity index (χ1v) is 12.7. The Hall–Kier alpha value is -3.79. The molecule has 10 heteroatoms. The van der Waals surface area contributed by atoms with Gasteiger partial charge in [-0.25, -0.2) is 4.98 Å². The van der Waals surface area contributed by atoms with Gasteiger partial charge in [-0.05, 0) is 36.2 Å². The van der Waals surface area contributed by atoms with Crippen LogP contribution in [0.3, 0.4) is 0 Å². The predicted molar refractivity (Wildman–Crippen MR) is 137 cm³/mol. The molecule has 0 spiro atoms. The van der Waals surface area contributed by atoms with Crippen molar-refractivity contribution in [3.63, 3.8) is 0 Å². The van der Waals surface area contributed by atoms with Gasteiger partial charge in [0.05, 0.1) is 24.4 Å². The van der Waals surface area contributed by atoms with Crippen LogP contribution in [0.5, 0.6) is 5.75 Å². The number of fused-ring (bicyclic) bond motifs is 1. The predicted octanol–water partition coefficient (Wildman–Crippen LogP) is 4.79. The van der Waals surface area contributed by atoms with Crippen LogP contribution in [0.2, 0.25) is 0 Å². The number of benzene rings is 2. The summed E-state index contributed by atoms with van der Waals surface area (Å²) in [5.74, 6) is -0.135. The first kappa shape index (κ1) is 25.8. The van der Waals surface area contributed by atoms with E-state index in [0.717, 1.165) is 34.3 Å². The molecule has 3 N–H and O–H groups in total. The number of halogens is 3. The number of rotatable bonds is 9. The van der Waals surface area contributed by atoms with E-state index >= 15 is 0 Å². The number of aromatic nitrogens is 3. The van der Waals surface area contributed by atoms with Gasteiger partial charge in [0.25, 0.3) is 0 Å². The van der Waals surface area contributed by atoms with E-state index in [1.54, 1.807) is 12.5 Å². The summed E-state index contributed by atoms with van der Waals surface area (Å²) in [5.41, 5.74) is 2.40. The maximum Gasteiger partial charge on any atom is 0.416 e. The Bertz CT molecular complexity index is 1350. The second-order valence-electron chi connectivity index (χ2n) is 9.81. The van der Waals surface area contributed by atoms with Gasteiger partial charge in [-0.2, -0.15) is 13.2 Å². The van der Waals surface area contributed by atoms with E-state index in [-0.39, 0.29) is 30.1 Å². The van der Waals surface area contributed by atoms with Crippen molar-refractivity contribution >= 4 is 16.8 Å². The maximum atomic E-state index is 13.1. The molecule has 2 aromatic carbocycles. The third-order valence-electron chi connectivity index (χ3n) is 6.95. The molecule has 1 fully saturated rings. The summed E-state index contributed by atoms with van der Waals surface area (Å²) in [6, 6.07) is 13.0. The van der Waals surface area contributed by atoms with Gasteiger partial charge in [0.1, 0.15) is 5.75 Å². The molecule has 0 saturated carbocycles. The maximum absolute atomic E-state index is 13.1. The summed E-state index contributed by atoms with van der Waals surface area (Å²) in [6.45, 7) is 2.64. The Balaban J connectivity index is 1.26. The molecule has 3 heterocycles. The van der Waals surface area contributed by atoms with E-state index in [0.29, 0.717) is 39.0 Å². The number of para-hydroxylation sites is 1. The molecule has 0 bridgehead atoms. The minimum Gasteiger partial charge on any atom is -0.493 e. The summed E-state index contributed by atoms with van der Waals surface area (Å²) >= 11 is 0. The van der Waals surface area contributed by atoms with Crippen LogP contribution >= 0.6 is 0 Å². The lowest BCUT2D eigenvalue weighted by Crippen LogP contribution is -2.47. The minimum absolute atomic E-state index is 0.0214. The summed E-state index contributed by atoms with van der Waals surface area (Å²) in [7, 11) is 0. The fourth-order valence-corrected chi connectivity index (χ4v) is 5.11. The highest BCUT2D eigenvalue weighted by atomic mass is 19.4. The summed E-state index contributed by atoms with van der Waals surface area (Å²) < 4.78 is 45.2. The number of hydrogen-bond donors (Lipinski definition) is 3. The van der Waals surface area contributed by atoms with Crippen molar-refractivity contribution in [3.05, 3.63) is 84.1 Å². The number of nitrogens with zero attached hydrogens (tertiary/aromatic N) is 2. The lowest BCUT2D eigenvalue weighted by Gasteiger charge is -2.37. The number of aromatic amines is 2. The van der Waals surface area contributed by atoms with Gasteiger partial charge in [-0.15, -0.1) is 0 Å². The molecule has 2 atom stereocenters. The number of H-pyrrole nitrogens is 2. The molecule has 0 radical (unpaired) electrons. The number of nitrogens with one attached hydrogen (secondary N) is 3. The van der Waals surface area contributed by atoms with E-state index in [2.05, 4.69) is 31.2 Å². The van der Waals surface area contributed by atoms with E-state index in [1.807, 2.05) is 24.4 Å². The molecule has 0 aliphatic carbocycles. The quantitative estimate of drug-likeness (QED) is 0.294. The highest BCUT2D eigenvalue weighted by Crippen LogP contribution is 2.32. The zero-order valence-electron chi connectivity index (χ0n) is 20.8.